The first-order chi connectivity index (χ1) is 14.5. The predicted octanol–water partition coefficient (Wildman–Crippen LogP) is 4.75. The largest absolute Gasteiger partial charge is 0.306 e. The van der Waals surface area contributed by atoms with Crippen LogP contribution in [0.15, 0.2) is 41.8 Å². The summed E-state index contributed by atoms with van der Waals surface area (Å²) in [5.74, 6) is 0.352. The Labute approximate surface area is 183 Å². The Balaban J connectivity index is 1.65. The summed E-state index contributed by atoms with van der Waals surface area (Å²) in [6.07, 6.45) is 6.23. The minimum absolute atomic E-state index is 0.0535. The molecule has 1 atom stereocenters. The molecule has 2 fully saturated rings. The van der Waals surface area contributed by atoms with Crippen molar-refractivity contribution in [1.82, 2.24) is 4.31 Å². The van der Waals surface area contributed by atoms with Gasteiger partial charge < -0.3 is 4.90 Å². The van der Waals surface area contributed by atoms with Gasteiger partial charge in [-0.3, -0.25) is 4.79 Å². The number of rotatable bonds is 6. The molecule has 30 heavy (non-hydrogen) atoms. The Morgan fingerprint density at radius 1 is 1.10 bits per heavy atom. The Bertz CT molecular complexity index is 965. The van der Waals surface area contributed by atoms with Crippen LogP contribution in [0.5, 0.6) is 0 Å². The molecule has 1 saturated carbocycles. The summed E-state index contributed by atoms with van der Waals surface area (Å²) < 4.78 is 26.9. The van der Waals surface area contributed by atoms with Crippen molar-refractivity contribution in [3.63, 3.8) is 0 Å². The SMILES string of the molecule is CCCS(=O)(=O)N1CC(=O)N(c2csc(-c3ccccc3)c2)C(C2CCCCC2)C1. The quantitative estimate of drug-likeness (QED) is 0.643. The normalized spacial score (nSPS) is 21.8. The lowest BCUT2D eigenvalue weighted by Gasteiger charge is -2.44. The van der Waals surface area contributed by atoms with Gasteiger partial charge in [-0.1, -0.05) is 56.5 Å². The maximum atomic E-state index is 13.3. The molecule has 1 amide bonds. The van der Waals surface area contributed by atoms with E-state index in [-0.39, 0.29) is 24.2 Å². The van der Waals surface area contributed by atoms with Gasteiger partial charge in [-0.25, -0.2) is 8.42 Å². The van der Waals surface area contributed by atoms with Gasteiger partial charge in [0.05, 0.1) is 24.0 Å². The lowest BCUT2D eigenvalue weighted by Crippen LogP contribution is -2.60. The fraction of sp³-hybridized carbons (Fsp3) is 0.522. The lowest BCUT2D eigenvalue weighted by atomic mass is 9.82. The maximum absolute atomic E-state index is 13.3. The highest BCUT2D eigenvalue weighted by Crippen LogP contribution is 2.38. The summed E-state index contributed by atoms with van der Waals surface area (Å²) in [5, 5.41) is 2.05. The molecule has 7 heteroatoms. The van der Waals surface area contributed by atoms with Crippen LogP contribution in [-0.2, 0) is 14.8 Å². The number of nitrogens with zero attached hydrogens (tertiary/aromatic N) is 2. The average molecular weight is 447 g/mol. The Morgan fingerprint density at radius 3 is 2.53 bits per heavy atom. The molecule has 1 aliphatic carbocycles. The predicted molar refractivity (Wildman–Crippen MR) is 123 cm³/mol. The van der Waals surface area contributed by atoms with Crippen molar-refractivity contribution < 1.29 is 13.2 Å². The van der Waals surface area contributed by atoms with Crippen molar-refractivity contribution in [3.05, 3.63) is 41.8 Å². The van der Waals surface area contributed by atoms with Crippen LogP contribution in [0, 0.1) is 5.92 Å². The number of anilines is 1. The molecule has 2 heterocycles. The fourth-order valence-electron chi connectivity index (χ4n) is 4.79. The van der Waals surface area contributed by atoms with E-state index in [1.165, 1.54) is 10.7 Å². The van der Waals surface area contributed by atoms with Crippen molar-refractivity contribution in [1.29, 1.82) is 0 Å². The topological polar surface area (TPSA) is 57.7 Å². The highest BCUT2D eigenvalue weighted by atomic mass is 32.2. The summed E-state index contributed by atoms with van der Waals surface area (Å²) in [6.45, 7) is 2.22. The number of hydrogen-bond acceptors (Lipinski definition) is 4. The molecule has 1 aliphatic heterocycles. The van der Waals surface area contributed by atoms with Gasteiger partial charge in [0.2, 0.25) is 15.9 Å². The first kappa shape index (κ1) is 21.5. The molecular weight excluding hydrogens is 416 g/mol. The molecule has 0 bridgehead atoms. The Kier molecular flexibility index (Phi) is 6.60. The fourth-order valence-corrected chi connectivity index (χ4v) is 7.14. The van der Waals surface area contributed by atoms with Crippen molar-refractivity contribution in [2.75, 3.05) is 23.7 Å². The molecule has 0 radical (unpaired) electrons. The van der Waals surface area contributed by atoms with E-state index in [2.05, 4.69) is 18.2 Å². The van der Waals surface area contributed by atoms with Crippen molar-refractivity contribution in [3.8, 4) is 10.4 Å². The smallest absolute Gasteiger partial charge is 0.242 e. The van der Waals surface area contributed by atoms with Crippen LogP contribution in [0.2, 0.25) is 0 Å². The zero-order valence-corrected chi connectivity index (χ0v) is 19.1. The molecule has 2 aliphatic rings. The van der Waals surface area contributed by atoms with Crippen molar-refractivity contribution in [2.24, 2.45) is 5.92 Å². The van der Waals surface area contributed by atoms with Crippen molar-refractivity contribution >= 4 is 33.0 Å². The summed E-state index contributed by atoms with van der Waals surface area (Å²) in [4.78, 5) is 16.3. The molecule has 1 saturated heterocycles. The van der Waals surface area contributed by atoms with E-state index in [1.807, 2.05) is 35.4 Å². The monoisotopic (exact) mass is 446 g/mol. The van der Waals surface area contributed by atoms with Crippen LogP contribution in [0.4, 0.5) is 5.69 Å². The summed E-state index contributed by atoms with van der Waals surface area (Å²) in [5.41, 5.74) is 2.05. The molecule has 1 aromatic carbocycles. The van der Waals surface area contributed by atoms with Gasteiger partial charge in [0, 0.05) is 16.8 Å². The van der Waals surface area contributed by atoms with Gasteiger partial charge in [-0.15, -0.1) is 11.3 Å². The number of carbonyl (C=O) groups is 1. The van der Waals surface area contributed by atoms with E-state index in [0.717, 1.165) is 41.8 Å². The summed E-state index contributed by atoms with van der Waals surface area (Å²) in [6, 6.07) is 12.2. The zero-order chi connectivity index (χ0) is 21.1. The van der Waals surface area contributed by atoms with Gasteiger partial charge in [0.15, 0.2) is 0 Å². The molecule has 0 spiro atoms. The number of benzene rings is 1. The van der Waals surface area contributed by atoms with Gasteiger partial charge >= 0.3 is 0 Å². The van der Waals surface area contributed by atoms with E-state index in [4.69, 9.17) is 0 Å². The first-order valence-electron chi connectivity index (χ1n) is 10.9. The molecule has 1 unspecified atom stereocenters. The molecule has 0 N–H and O–H groups in total. The second-order valence-corrected chi connectivity index (χ2v) is 11.4. The lowest BCUT2D eigenvalue weighted by molar-refractivity contribution is -0.121. The number of carbonyl (C=O) groups excluding carboxylic acids is 1. The van der Waals surface area contributed by atoms with Crippen molar-refractivity contribution in [2.45, 2.75) is 51.5 Å². The highest BCUT2D eigenvalue weighted by Gasteiger charge is 2.42. The standard InChI is InChI=1S/C23H30N2O3S2/c1-2-13-30(27,28)24-15-21(18-9-5-3-6-10-18)25(23(26)16-24)20-14-22(29-17-20)19-11-7-4-8-12-19/h4,7-8,11-12,14,17-18,21H,2-3,5-6,9-10,13,15-16H2,1H3. The van der Waals surface area contributed by atoms with E-state index in [0.29, 0.717) is 18.9 Å². The van der Waals surface area contributed by atoms with Crippen LogP contribution >= 0.6 is 11.3 Å². The third-order valence-corrected chi connectivity index (χ3v) is 9.23. The van der Waals surface area contributed by atoms with Gasteiger partial charge in [-0.2, -0.15) is 4.31 Å². The third-order valence-electron chi connectivity index (χ3n) is 6.27. The van der Waals surface area contributed by atoms with Crippen LogP contribution in [0.1, 0.15) is 45.4 Å². The minimum atomic E-state index is -3.39. The second kappa shape index (κ2) is 9.20. The molecular formula is C23H30N2O3S2. The van der Waals surface area contributed by atoms with E-state index < -0.39 is 10.0 Å². The van der Waals surface area contributed by atoms with Crippen LogP contribution in [-0.4, -0.2) is 43.5 Å². The highest BCUT2D eigenvalue weighted by molar-refractivity contribution is 7.89. The second-order valence-electron chi connectivity index (χ2n) is 8.37. The maximum Gasteiger partial charge on any atom is 0.242 e. The van der Waals surface area contributed by atoms with Crippen LogP contribution < -0.4 is 4.90 Å². The molecule has 2 aromatic rings. The van der Waals surface area contributed by atoms with E-state index in [1.54, 1.807) is 11.3 Å². The third kappa shape index (κ3) is 4.48. The Hall–Kier alpha value is -1.70. The number of hydrogen-bond donors (Lipinski definition) is 0. The molecule has 5 nitrogen and oxygen atoms in total. The number of amides is 1. The molecule has 162 valence electrons. The van der Waals surface area contributed by atoms with Crippen LogP contribution in [0.25, 0.3) is 10.4 Å². The van der Waals surface area contributed by atoms with Gasteiger partial charge in [0.25, 0.3) is 0 Å². The van der Waals surface area contributed by atoms with E-state index >= 15 is 0 Å². The number of thiophene rings is 1. The van der Waals surface area contributed by atoms with E-state index in [9.17, 15) is 13.2 Å². The zero-order valence-electron chi connectivity index (χ0n) is 17.5. The Morgan fingerprint density at radius 2 is 1.83 bits per heavy atom. The number of piperazine rings is 1. The average Bonchev–Trinajstić information content (AvgIpc) is 3.24. The summed E-state index contributed by atoms with van der Waals surface area (Å²) >= 11 is 1.64. The summed E-state index contributed by atoms with van der Waals surface area (Å²) in [7, 11) is -3.39. The first-order valence-corrected chi connectivity index (χ1v) is 13.4. The molecule has 4 rings (SSSR count). The molecule has 1 aromatic heterocycles. The van der Waals surface area contributed by atoms with Crippen LogP contribution in [0.3, 0.4) is 0 Å². The minimum Gasteiger partial charge on any atom is -0.306 e. The number of sulfonamides is 1. The van der Waals surface area contributed by atoms with Gasteiger partial charge in [-0.05, 0) is 36.8 Å². The van der Waals surface area contributed by atoms with Gasteiger partial charge in [0.1, 0.15) is 0 Å².